The summed E-state index contributed by atoms with van der Waals surface area (Å²) in [6.07, 6.45) is 6.99. The van der Waals surface area contributed by atoms with Crippen LogP contribution < -0.4 is 16.0 Å². The highest BCUT2D eigenvalue weighted by Gasteiger charge is 2.35. The van der Waals surface area contributed by atoms with E-state index in [0.717, 1.165) is 24.2 Å². The highest BCUT2D eigenvalue weighted by Crippen LogP contribution is 2.31. The Balaban J connectivity index is 1.23. The van der Waals surface area contributed by atoms with Crippen LogP contribution in [0.5, 0.6) is 0 Å². The van der Waals surface area contributed by atoms with E-state index in [1.54, 1.807) is 0 Å². The number of carbonyl (C=O) groups is 2. The van der Waals surface area contributed by atoms with E-state index < -0.39 is 22.1 Å². The Kier molecular flexibility index (Phi) is 12.1. The largest absolute Gasteiger partial charge is 0.343 e. The van der Waals surface area contributed by atoms with Gasteiger partial charge in [0.05, 0.1) is 19.0 Å². The number of sulfonamides is 1. The van der Waals surface area contributed by atoms with Crippen LogP contribution in [-0.4, -0.2) is 105 Å². The third-order valence-corrected chi connectivity index (χ3v) is 11.4. The van der Waals surface area contributed by atoms with Gasteiger partial charge in [-0.1, -0.05) is 67.8 Å². The van der Waals surface area contributed by atoms with E-state index in [0.29, 0.717) is 63.2 Å². The molecule has 0 bridgehead atoms. The number of halogens is 1. The van der Waals surface area contributed by atoms with Crippen LogP contribution in [0.3, 0.4) is 0 Å². The van der Waals surface area contributed by atoms with Crippen molar-refractivity contribution in [2.24, 2.45) is 5.92 Å². The van der Waals surface area contributed by atoms with Gasteiger partial charge >= 0.3 is 0 Å². The first kappa shape index (κ1) is 34.8. The third-order valence-electron chi connectivity index (χ3n) is 9.87. The molecule has 12 heteroatoms. The number of fused-ring (bicyclic) bond motifs is 1. The molecule has 1 saturated carbocycles. The molecule has 10 nitrogen and oxygen atoms in total. The van der Waals surface area contributed by atoms with Crippen LogP contribution in [0, 0.1) is 5.92 Å². The number of nitrogens with one attached hydrogen (secondary N) is 3. The van der Waals surface area contributed by atoms with Crippen molar-refractivity contribution in [3.05, 3.63) is 70.2 Å². The van der Waals surface area contributed by atoms with Gasteiger partial charge in [0.2, 0.25) is 21.8 Å². The third kappa shape index (κ3) is 9.08. The van der Waals surface area contributed by atoms with E-state index in [1.807, 2.05) is 48.2 Å². The molecule has 2 aliphatic heterocycles. The molecule has 1 unspecified atom stereocenters. The van der Waals surface area contributed by atoms with Crippen LogP contribution >= 0.6 is 11.6 Å². The molecule has 1 aliphatic carbocycles. The molecular formula is C34H49ClN6O4S. The topological polar surface area (TPSA) is 114 Å². The maximum absolute atomic E-state index is 14.1. The smallest absolute Gasteiger partial charge is 0.245 e. The fourth-order valence-electron chi connectivity index (χ4n) is 7.20. The second kappa shape index (κ2) is 16.0. The number of nitrogens with zero attached hydrogens (tertiary/aromatic N) is 3. The molecule has 46 heavy (non-hydrogen) atoms. The van der Waals surface area contributed by atoms with Gasteiger partial charge in [-0.25, -0.2) is 8.42 Å². The molecule has 1 saturated heterocycles. The summed E-state index contributed by atoms with van der Waals surface area (Å²) in [5.74, 6) is 0.317. The molecule has 0 aromatic heterocycles. The number of piperazine rings is 1. The van der Waals surface area contributed by atoms with Crippen molar-refractivity contribution in [3.8, 4) is 0 Å². The number of carbonyl (C=O) groups excluding carboxylic acids is 2. The molecule has 0 spiro atoms. The molecule has 2 aromatic carbocycles. The van der Waals surface area contributed by atoms with Gasteiger partial charge in [-0.3, -0.25) is 14.5 Å². The fraction of sp³-hybridized carbons (Fsp3) is 0.588. The highest BCUT2D eigenvalue weighted by atomic mass is 35.5. The second-order valence-corrected chi connectivity index (χ2v) is 15.3. The average molecular weight is 673 g/mol. The summed E-state index contributed by atoms with van der Waals surface area (Å²) in [5, 5.41) is 10.5. The first-order chi connectivity index (χ1) is 22.1. The summed E-state index contributed by atoms with van der Waals surface area (Å²) < 4.78 is 25.6. The maximum Gasteiger partial charge on any atom is 0.245 e. The summed E-state index contributed by atoms with van der Waals surface area (Å²) in [6.45, 7) is 6.53. The summed E-state index contributed by atoms with van der Waals surface area (Å²) in [5.41, 5.74) is 3.29. The summed E-state index contributed by atoms with van der Waals surface area (Å²) >= 11 is 6.13. The predicted octanol–water partition coefficient (Wildman–Crippen LogP) is 2.61. The van der Waals surface area contributed by atoms with Gasteiger partial charge in [0.1, 0.15) is 6.04 Å². The first-order valence-corrected chi connectivity index (χ1v) is 18.9. The Hall–Kier alpha value is -2.54. The number of hydrogen-bond donors (Lipinski definition) is 3. The second-order valence-electron chi connectivity index (χ2n) is 12.9. The maximum atomic E-state index is 14.1. The van der Waals surface area contributed by atoms with Gasteiger partial charge in [0.15, 0.2) is 0 Å². The van der Waals surface area contributed by atoms with Crippen molar-refractivity contribution >= 4 is 33.4 Å². The molecule has 5 rings (SSSR count). The minimum atomic E-state index is -3.26. The van der Waals surface area contributed by atoms with E-state index >= 15 is 0 Å². The van der Waals surface area contributed by atoms with Crippen molar-refractivity contribution in [1.82, 2.24) is 30.1 Å². The van der Waals surface area contributed by atoms with Crippen molar-refractivity contribution in [3.63, 3.8) is 0 Å². The zero-order valence-electron chi connectivity index (χ0n) is 27.1. The van der Waals surface area contributed by atoms with Crippen LogP contribution in [0.4, 0.5) is 0 Å². The highest BCUT2D eigenvalue weighted by molar-refractivity contribution is 7.88. The fourth-order valence-corrected chi connectivity index (χ4v) is 8.12. The molecule has 2 fully saturated rings. The minimum Gasteiger partial charge on any atom is -0.343 e. The minimum absolute atomic E-state index is 0.0681. The Morgan fingerprint density at radius 3 is 2.35 bits per heavy atom. The van der Waals surface area contributed by atoms with E-state index in [1.165, 1.54) is 41.8 Å². The van der Waals surface area contributed by atoms with Gasteiger partial charge in [-0.05, 0) is 54.0 Å². The number of hydrogen-bond acceptors (Lipinski definition) is 7. The van der Waals surface area contributed by atoms with E-state index in [4.69, 9.17) is 11.6 Å². The van der Waals surface area contributed by atoms with Crippen molar-refractivity contribution in [2.45, 2.75) is 70.1 Å². The Bertz CT molecular complexity index is 1430. The van der Waals surface area contributed by atoms with Crippen LogP contribution in [-0.2, 0) is 39.0 Å². The molecule has 3 aliphatic rings. The standard InChI is InChI=1S/C34H49ClN6O4S/c1-3-41(46(2,44)45)24-36-23-32(26-8-4-5-9-26)39-16-18-40(19-17-39)34(43)31(20-25-12-14-29(35)15-13-25)38-33(42)30-21-27-10-6-7-11-28(27)22-37-30/h6-7,10-15,26,30-32,36-37H,3-5,8-9,16-24H2,1-2H3,(H,38,42)/t30-,31-,32?/m1/s1. The summed E-state index contributed by atoms with van der Waals surface area (Å²) in [4.78, 5) is 32.0. The lowest BCUT2D eigenvalue weighted by atomic mass is 9.95. The molecule has 2 aromatic rings. The first-order valence-electron chi connectivity index (χ1n) is 16.7. The van der Waals surface area contributed by atoms with Crippen molar-refractivity contribution < 1.29 is 18.0 Å². The SMILES string of the molecule is CCN(CNCC(C1CCCC1)N1CCN(C(=O)[C@@H](Cc2ccc(Cl)cc2)NC(=O)[C@H]2Cc3ccccc3CN2)CC1)S(C)(=O)=O. The molecule has 0 radical (unpaired) electrons. The number of benzene rings is 2. The average Bonchev–Trinajstić information content (AvgIpc) is 3.59. The van der Waals surface area contributed by atoms with Crippen molar-refractivity contribution in [1.29, 1.82) is 0 Å². The Morgan fingerprint density at radius 1 is 1.02 bits per heavy atom. The Morgan fingerprint density at radius 2 is 1.70 bits per heavy atom. The van der Waals surface area contributed by atoms with Crippen LogP contribution in [0.1, 0.15) is 49.3 Å². The van der Waals surface area contributed by atoms with Crippen molar-refractivity contribution in [2.75, 3.05) is 52.2 Å². The molecule has 2 heterocycles. The lowest BCUT2D eigenvalue weighted by Gasteiger charge is -2.42. The van der Waals surface area contributed by atoms with Gasteiger partial charge in [0.25, 0.3) is 0 Å². The summed E-state index contributed by atoms with van der Waals surface area (Å²) in [7, 11) is -3.26. The molecule has 252 valence electrons. The lowest BCUT2D eigenvalue weighted by Crippen LogP contribution is -2.60. The van der Waals surface area contributed by atoms with E-state index in [-0.39, 0.29) is 17.9 Å². The zero-order valence-corrected chi connectivity index (χ0v) is 28.7. The normalized spacial score (nSPS) is 20.8. The molecule has 2 amide bonds. The monoisotopic (exact) mass is 672 g/mol. The lowest BCUT2D eigenvalue weighted by molar-refractivity contribution is -0.138. The molecule has 3 N–H and O–H groups in total. The van der Waals surface area contributed by atoms with E-state index in [2.05, 4.69) is 33.0 Å². The molecule has 3 atom stereocenters. The van der Waals surface area contributed by atoms with E-state index in [9.17, 15) is 18.0 Å². The number of rotatable bonds is 13. The Labute approximate surface area is 279 Å². The van der Waals surface area contributed by atoms with Crippen LogP contribution in [0.15, 0.2) is 48.5 Å². The van der Waals surface area contributed by atoms with Gasteiger partial charge in [-0.2, -0.15) is 4.31 Å². The summed E-state index contributed by atoms with van der Waals surface area (Å²) in [6, 6.07) is 14.8. The van der Waals surface area contributed by atoms with Gasteiger partial charge in [-0.15, -0.1) is 0 Å². The zero-order chi connectivity index (χ0) is 32.7. The van der Waals surface area contributed by atoms with Gasteiger partial charge in [0, 0.05) is 63.3 Å². The molecular weight excluding hydrogens is 624 g/mol. The van der Waals surface area contributed by atoms with Gasteiger partial charge < -0.3 is 20.9 Å². The number of amides is 2. The van der Waals surface area contributed by atoms with Crippen LogP contribution in [0.2, 0.25) is 5.02 Å². The van der Waals surface area contributed by atoms with Crippen LogP contribution in [0.25, 0.3) is 0 Å². The predicted molar refractivity (Wildman–Crippen MR) is 182 cm³/mol. The quantitative estimate of drug-likeness (QED) is 0.281.